The first kappa shape index (κ1) is 25.6. The Morgan fingerprint density at radius 3 is 2.50 bits per heavy atom. The molecule has 1 saturated heterocycles. The third kappa shape index (κ3) is 6.12. The smallest absolute Gasteiger partial charge is 0.409 e. The van der Waals surface area contributed by atoms with Crippen LogP contribution in [0, 0.1) is 5.92 Å². The van der Waals surface area contributed by atoms with Crippen LogP contribution >= 0.6 is 0 Å². The molecule has 34 heavy (non-hydrogen) atoms. The van der Waals surface area contributed by atoms with Crippen molar-refractivity contribution in [3.05, 3.63) is 23.8 Å². The lowest BCUT2D eigenvalue weighted by molar-refractivity contribution is -0.141. The molecule has 2 atom stereocenters. The maximum absolute atomic E-state index is 12.7. The van der Waals surface area contributed by atoms with Crippen molar-refractivity contribution in [3.8, 4) is 5.75 Å². The van der Waals surface area contributed by atoms with Gasteiger partial charge in [-0.3, -0.25) is 4.79 Å². The lowest BCUT2D eigenvalue weighted by Gasteiger charge is -2.32. The van der Waals surface area contributed by atoms with Gasteiger partial charge in [-0.2, -0.15) is 0 Å². The Kier molecular flexibility index (Phi) is 9.01. The summed E-state index contributed by atoms with van der Waals surface area (Å²) in [6, 6.07) is 5.98. The SMILES string of the molecule is CCOC(=O)N1CCC(NC(=O)OCCC2C(=O)Oc3cc(N(CC)CC)ccc3C2C)CC1. The number of likely N-dealkylation sites (tertiary alicyclic amines) is 1. The summed E-state index contributed by atoms with van der Waals surface area (Å²) in [5.41, 5.74) is 2.04. The molecular formula is C25H37N3O6. The van der Waals surface area contributed by atoms with Crippen LogP contribution in [-0.4, -0.2) is 68.5 Å². The summed E-state index contributed by atoms with van der Waals surface area (Å²) in [6.07, 6.45) is 0.864. The zero-order chi connectivity index (χ0) is 24.7. The van der Waals surface area contributed by atoms with Gasteiger partial charge >= 0.3 is 18.2 Å². The van der Waals surface area contributed by atoms with Crippen molar-refractivity contribution in [1.29, 1.82) is 0 Å². The van der Waals surface area contributed by atoms with E-state index in [0.717, 1.165) is 24.3 Å². The first-order chi connectivity index (χ1) is 16.4. The van der Waals surface area contributed by atoms with Crippen molar-refractivity contribution in [2.75, 3.05) is 44.3 Å². The van der Waals surface area contributed by atoms with Gasteiger partial charge in [-0.05, 0) is 57.6 Å². The summed E-state index contributed by atoms with van der Waals surface area (Å²) >= 11 is 0. The molecule has 2 unspecified atom stereocenters. The van der Waals surface area contributed by atoms with Crippen LogP contribution in [0.25, 0.3) is 0 Å². The van der Waals surface area contributed by atoms with E-state index >= 15 is 0 Å². The maximum atomic E-state index is 12.7. The molecule has 1 aromatic rings. The second-order valence-electron chi connectivity index (χ2n) is 8.74. The molecule has 3 rings (SSSR count). The van der Waals surface area contributed by atoms with E-state index in [9.17, 15) is 14.4 Å². The number of benzene rings is 1. The van der Waals surface area contributed by atoms with E-state index in [1.54, 1.807) is 11.8 Å². The van der Waals surface area contributed by atoms with Gasteiger partial charge in [-0.25, -0.2) is 9.59 Å². The normalized spacial score (nSPS) is 20.2. The van der Waals surface area contributed by atoms with Gasteiger partial charge in [0.05, 0.1) is 19.1 Å². The number of anilines is 1. The van der Waals surface area contributed by atoms with Crippen LogP contribution < -0.4 is 15.0 Å². The van der Waals surface area contributed by atoms with Crippen LogP contribution in [0.4, 0.5) is 15.3 Å². The molecule has 2 aliphatic heterocycles. The van der Waals surface area contributed by atoms with E-state index in [-0.39, 0.29) is 36.5 Å². The van der Waals surface area contributed by atoms with Crippen molar-refractivity contribution in [2.24, 2.45) is 5.92 Å². The molecule has 0 bridgehead atoms. The summed E-state index contributed by atoms with van der Waals surface area (Å²) in [5, 5.41) is 2.85. The summed E-state index contributed by atoms with van der Waals surface area (Å²) in [5.74, 6) is -0.0636. The molecule has 2 aliphatic rings. The minimum atomic E-state index is -0.504. The van der Waals surface area contributed by atoms with Crippen molar-refractivity contribution in [1.82, 2.24) is 10.2 Å². The molecule has 0 spiro atoms. The molecule has 0 saturated carbocycles. The molecule has 2 amide bonds. The highest BCUT2D eigenvalue weighted by atomic mass is 16.6. The Morgan fingerprint density at radius 1 is 1.15 bits per heavy atom. The fourth-order valence-corrected chi connectivity index (χ4v) is 4.65. The standard InChI is InChI=1S/C25H37N3O6/c1-5-27(6-2)19-8-9-20-17(4)21(23(29)34-22(20)16-19)12-15-33-24(30)26-18-10-13-28(14-11-18)25(31)32-7-3/h8-9,16-18,21H,5-7,10-15H2,1-4H3,(H,26,30). The van der Waals surface area contributed by atoms with Crippen LogP contribution in [0.3, 0.4) is 0 Å². The number of amides is 2. The topological polar surface area (TPSA) is 97.4 Å². The number of hydrogen-bond acceptors (Lipinski definition) is 7. The largest absolute Gasteiger partial charge is 0.450 e. The highest BCUT2D eigenvalue weighted by Gasteiger charge is 2.35. The van der Waals surface area contributed by atoms with E-state index in [2.05, 4.69) is 30.1 Å². The van der Waals surface area contributed by atoms with E-state index in [4.69, 9.17) is 14.2 Å². The Hall–Kier alpha value is -2.97. The molecule has 188 valence electrons. The van der Waals surface area contributed by atoms with Gasteiger partial charge in [-0.15, -0.1) is 0 Å². The Labute approximate surface area is 201 Å². The number of nitrogens with zero attached hydrogens (tertiary/aromatic N) is 2. The Balaban J connectivity index is 1.46. The van der Waals surface area contributed by atoms with E-state index in [1.807, 2.05) is 19.1 Å². The Morgan fingerprint density at radius 2 is 1.85 bits per heavy atom. The number of hydrogen-bond donors (Lipinski definition) is 1. The molecule has 2 heterocycles. The van der Waals surface area contributed by atoms with Crippen LogP contribution in [0.15, 0.2) is 18.2 Å². The minimum absolute atomic E-state index is 0.0270. The molecule has 1 aromatic carbocycles. The molecule has 0 aliphatic carbocycles. The zero-order valence-corrected chi connectivity index (χ0v) is 20.7. The van der Waals surface area contributed by atoms with Crippen molar-refractivity contribution < 1.29 is 28.6 Å². The zero-order valence-electron chi connectivity index (χ0n) is 20.7. The van der Waals surface area contributed by atoms with Gasteiger partial charge in [0.2, 0.25) is 0 Å². The average molecular weight is 476 g/mol. The number of esters is 1. The first-order valence-corrected chi connectivity index (χ1v) is 12.3. The van der Waals surface area contributed by atoms with Crippen LogP contribution in [-0.2, 0) is 14.3 Å². The summed E-state index contributed by atoms with van der Waals surface area (Å²) < 4.78 is 16.0. The van der Waals surface area contributed by atoms with E-state index in [0.29, 0.717) is 44.7 Å². The molecule has 0 aromatic heterocycles. The highest BCUT2D eigenvalue weighted by Crippen LogP contribution is 2.40. The maximum Gasteiger partial charge on any atom is 0.409 e. The molecule has 9 heteroatoms. The van der Waals surface area contributed by atoms with Gasteiger partial charge in [-0.1, -0.05) is 13.0 Å². The van der Waals surface area contributed by atoms with Crippen molar-refractivity contribution in [3.63, 3.8) is 0 Å². The third-order valence-electron chi connectivity index (χ3n) is 6.74. The second kappa shape index (κ2) is 11.9. The quantitative estimate of drug-likeness (QED) is 0.450. The molecular weight excluding hydrogens is 438 g/mol. The van der Waals surface area contributed by atoms with Gasteiger partial charge in [0.1, 0.15) is 5.75 Å². The van der Waals surface area contributed by atoms with Gasteiger partial charge in [0.15, 0.2) is 0 Å². The summed E-state index contributed by atoms with van der Waals surface area (Å²) in [6.45, 7) is 11.3. The lowest BCUT2D eigenvalue weighted by atomic mass is 9.83. The molecule has 9 nitrogen and oxygen atoms in total. The number of piperidine rings is 1. The number of alkyl carbamates (subject to hydrolysis) is 1. The highest BCUT2D eigenvalue weighted by molar-refractivity contribution is 5.80. The summed E-state index contributed by atoms with van der Waals surface area (Å²) in [4.78, 5) is 40.5. The second-order valence-corrected chi connectivity index (χ2v) is 8.74. The number of nitrogens with one attached hydrogen (secondary N) is 1. The fourth-order valence-electron chi connectivity index (χ4n) is 4.65. The minimum Gasteiger partial charge on any atom is -0.450 e. The predicted octanol–water partition coefficient (Wildman–Crippen LogP) is 3.91. The third-order valence-corrected chi connectivity index (χ3v) is 6.74. The van der Waals surface area contributed by atoms with E-state index < -0.39 is 6.09 Å². The Bertz CT molecular complexity index is 864. The number of ether oxygens (including phenoxy) is 3. The van der Waals surface area contributed by atoms with Gasteiger partial charge in [0, 0.05) is 44.0 Å². The van der Waals surface area contributed by atoms with Gasteiger partial charge in [0.25, 0.3) is 0 Å². The lowest BCUT2D eigenvalue weighted by Crippen LogP contribution is -2.46. The average Bonchev–Trinajstić information content (AvgIpc) is 2.82. The predicted molar refractivity (Wildman–Crippen MR) is 128 cm³/mol. The van der Waals surface area contributed by atoms with Crippen molar-refractivity contribution >= 4 is 23.8 Å². The molecule has 1 fully saturated rings. The number of carbonyl (C=O) groups excluding carboxylic acids is 3. The van der Waals surface area contributed by atoms with Gasteiger partial charge < -0.3 is 29.3 Å². The van der Waals surface area contributed by atoms with Crippen LogP contribution in [0.1, 0.15) is 58.4 Å². The van der Waals surface area contributed by atoms with Crippen molar-refractivity contribution in [2.45, 2.75) is 58.9 Å². The number of rotatable bonds is 8. The van der Waals surface area contributed by atoms with Crippen LogP contribution in [0.5, 0.6) is 5.75 Å². The monoisotopic (exact) mass is 475 g/mol. The van der Waals surface area contributed by atoms with E-state index in [1.165, 1.54) is 0 Å². The number of fused-ring (bicyclic) bond motifs is 1. The molecule has 0 radical (unpaired) electrons. The van der Waals surface area contributed by atoms with Crippen LogP contribution in [0.2, 0.25) is 0 Å². The molecule has 1 N–H and O–H groups in total. The summed E-state index contributed by atoms with van der Waals surface area (Å²) in [7, 11) is 0. The fraction of sp³-hybridized carbons (Fsp3) is 0.640. The first-order valence-electron chi connectivity index (χ1n) is 12.3. The number of carbonyl (C=O) groups is 3.